The van der Waals surface area contributed by atoms with Crippen LogP contribution in [-0.2, 0) is 10.0 Å². The molecule has 1 aromatic heterocycles. The van der Waals surface area contributed by atoms with E-state index in [0.717, 1.165) is 17.4 Å². The van der Waals surface area contributed by atoms with Gasteiger partial charge in [-0.05, 0) is 24.6 Å². The molecule has 8 heteroatoms. The summed E-state index contributed by atoms with van der Waals surface area (Å²) in [7, 11) is -3.79. The Balaban J connectivity index is 2.24. The number of nitrogens with one attached hydrogen (secondary N) is 1. The van der Waals surface area contributed by atoms with Crippen LogP contribution >= 0.6 is 22.9 Å². The zero-order chi connectivity index (χ0) is 15.6. The summed E-state index contributed by atoms with van der Waals surface area (Å²) in [6.45, 7) is 1.67. The van der Waals surface area contributed by atoms with E-state index in [9.17, 15) is 13.2 Å². The van der Waals surface area contributed by atoms with Gasteiger partial charge in [-0.25, -0.2) is 17.9 Å². The van der Waals surface area contributed by atoms with Gasteiger partial charge in [0.25, 0.3) is 10.0 Å². The summed E-state index contributed by atoms with van der Waals surface area (Å²) in [5, 5.41) is 10.6. The highest BCUT2D eigenvalue weighted by Crippen LogP contribution is 2.26. The number of aromatic carboxylic acids is 1. The van der Waals surface area contributed by atoms with Crippen molar-refractivity contribution in [1.29, 1.82) is 0 Å². The smallest absolute Gasteiger partial charge is 0.336 e. The lowest BCUT2D eigenvalue weighted by Gasteiger charge is -2.15. The minimum atomic E-state index is -3.79. The number of thiophene rings is 1. The van der Waals surface area contributed by atoms with Gasteiger partial charge in [-0.2, -0.15) is 0 Å². The highest BCUT2D eigenvalue weighted by molar-refractivity contribution is 7.91. The number of halogens is 1. The van der Waals surface area contributed by atoms with Gasteiger partial charge in [0.2, 0.25) is 0 Å². The Morgan fingerprint density at radius 3 is 2.62 bits per heavy atom. The molecule has 0 unspecified atom stereocenters. The molecule has 5 nitrogen and oxygen atoms in total. The van der Waals surface area contributed by atoms with Crippen molar-refractivity contribution in [3.63, 3.8) is 0 Å². The molecule has 2 aromatic rings. The zero-order valence-corrected chi connectivity index (χ0v) is 13.3. The summed E-state index contributed by atoms with van der Waals surface area (Å²) in [6.07, 6.45) is 0. The average molecular weight is 346 g/mol. The quantitative estimate of drug-likeness (QED) is 0.872. The Labute approximate surface area is 131 Å². The molecule has 1 heterocycles. The molecule has 0 spiro atoms. The molecule has 0 aliphatic heterocycles. The van der Waals surface area contributed by atoms with Crippen molar-refractivity contribution in [1.82, 2.24) is 4.72 Å². The molecule has 0 bridgehead atoms. The topological polar surface area (TPSA) is 83.5 Å². The summed E-state index contributed by atoms with van der Waals surface area (Å²) in [5.74, 6) is -1.16. The Bertz CT molecular complexity index is 770. The highest BCUT2D eigenvalue weighted by Gasteiger charge is 2.22. The lowest BCUT2D eigenvalue weighted by atomic mass is 10.1. The largest absolute Gasteiger partial charge is 0.478 e. The molecule has 0 aliphatic carbocycles. The van der Waals surface area contributed by atoms with Crippen LogP contribution in [0, 0.1) is 0 Å². The Morgan fingerprint density at radius 2 is 2.05 bits per heavy atom. The van der Waals surface area contributed by atoms with Crippen LogP contribution in [0.3, 0.4) is 0 Å². The fourth-order valence-electron chi connectivity index (χ4n) is 1.75. The maximum Gasteiger partial charge on any atom is 0.336 e. The molecule has 1 aromatic carbocycles. The molecule has 0 saturated heterocycles. The van der Waals surface area contributed by atoms with E-state index >= 15 is 0 Å². The fourth-order valence-corrected chi connectivity index (χ4v) is 4.44. The molecule has 2 rings (SSSR count). The van der Waals surface area contributed by atoms with Crippen LogP contribution in [0.25, 0.3) is 0 Å². The van der Waals surface area contributed by atoms with E-state index in [-0.39, 0.29) is 9.77 Å². The molecule has 0 saturated carbocycles. The number of hydrogen-bond donors (Lipinski definition) is 2. The van der Waals surface area contributed by atoms with Crippen LogP contribution in [-0.4, -0.2) is 19.5 Å². The first-order valence-corrected chi connectivity index (χ1v) is 8.64. The number of benzene rings is 1. The van der Waals surface area contributed by atoms with Crippen molar-refractivity contribution < 1.29 is 18.3 Å². The summed E-state index contributed by atoms with van der Waals surface area (Å²) in [6, 6.07) is 7.53. The summed E-state index contributed by atoms with van der Waals surface area (Å²) >= 11 is 6.89. The molecular weight excluding hydrogens is 334 g/mol. The number of rotatable bonds is 5. The third kappa shape index (κ3) is 3.62. The van der Waals surface area contributed by atoms with Crippen LogP contribution in [0.1, 0.15) is 28.9 Å². The van der Waals surface area contributed by atoms with Crippen molar-refractivity contribution in [3.05, 3.63) is 51.9 Å². The predicted octanol–water partition coefficient (Wildman–Crippen LogP) is 3.14. The molecule has 0 amide bonds. The third-order valence-corrected chi connectivity index (χ3v) is 6.12. The van der Waals surface area contributed by atoms with Crippen molar-refractivity contribution in [2.24, 2.45) is 0 Å². The molecule has 0 fully saturated rings. The van der Waals surface area contributed by atoms with Gasteiger partial charge in [-0.15, -0.1) is 11.3 Å². The number of carbonyl (C=O) groups is 1. The van der Waals surface area contributed by atoms with E-state index in [0.29, 0.717) is 10.6 Å². The van der Waals surface area contributed by atoms with Gasteiger partial charge >= 0.3 is 5.97 Å². The van der Waals surface area contributed by atoms with Crippen molar-refractivity contribution in [3.8, 4) is 0 Å². The van der Waals surface area contributed by atoms with Crippen molar-refractivity contribution in [2.75, 3.05) is 0 Å². The maximum absolute atomic E-state index is 12.2. The predicted molar refractivity (Wildman–Crippen MR) is 81.5 cm³/mol. The normalized spacial score (nSPS) is 13.0. The lowest BCUT2D eigenvalue weighted by Crippen LogP contribution is -2.26. The van der Waals surface area contributed by atoms with Gasteiger partial charge in [-0.3, -0.25) is 0 Å². The number of sulfonamides is 1. The molecule has 0 aliphatic rings. The lowest BCUT2D eigenvalue weighted by molar-refractivity contribution is 0.0697. The van der Waals surface area contributed by atoms with E-state index in [1.807, 2.05) is 0 Å². The van der Waals surface area contributed by atoms with Gasteiger partial charge in [0.1, 0.15) is 4.21 Å². The standard InChI is InChI=1S/C13H12ClNO4S2/c1-8(10-4-2-3-5-11(10)14)15-21(18,19)12-6-9(7-20-12)13(16)17/h2-8,15H,1H3,(H,16,17)/t8-/m0/s1. The third-order valence-electron chi connectivity index (χ3n) is 2.79. The second-order valence-corrected chi connectivity index (χ2v) is 7.58. The van der Waals surface area contributed by atoms with Gasteiger partial charge in [0.15, 0.2) is 0 Å². The second-order valence-electron chi connectivity index (χ2n) is 4.32. The van der Waals surface area contributed by atoms with E-state index in [4.69, 9.17) is 16.7 Å². The molecule has 21 heavy (non-hydrogen) atoms. The molecule has 0 radical (unpaired) electrons. The monoisotopic (exact) mass is 345 g/mol. The van der Waals surface area contributed by atoms with E-state index in [1.165, 1.54) is 5.38 Å². The molecule has 1 atom stereocenters. The van der Waals surface area contributed by atoms with Crippen molar-refractivity contribution in [2.45, 2.75) is 17.2 Å². The van der Waals surface area contributed by atoms with Gasteiger partial charge in [0.05, 0.1) is 5.56 Å². The van der Waals surface area contributed by atoms with E-state index in [2.05, 4.69) is 4.72 Å². The average Bonchev–Trinajstić information content (AvgIpc) is 2.89. The minimum absolute atomic E-state index is 0.0428. The SMILES string of the molecule is C[C@H](NS(=O)(=O)c1cc(C(=O)O)cs1)c1ccccc1Cl. The minimum Gasteiger partial charge on any atom is -0.478 e. The van der Waals surface area contributed by atoms with E-state index in [1.54, 1.807) is 31.2 Å². The van der Waals surface area contributed by atoms with Gasteiger partial charge in [-0.1, -0.05) is 29.8 Å². The van der Waals surface area contributed by atoms with Crippen LogP contribution in [0.2, 0.25) is 5.02 Å². The number of hydrogen-bond acceptors (Lipinski definition) is 4. The van der Waals surface area contributed by atoms with Crippen molar-refractivity contribution >= 4 is 38.9 Å². The highest BCUT2D eigenvalue weighted by atomic mass is 35.5. The first kappa shape index (κ1) is 16.0. The molecule has 2 N–H and O–H groups in total. The first-order chi connectivity index (χ1) is 9.81. The zero-order valence-electron chi connectivity index (χ0n) is 10.9. The molecule has 112 valence electrons. The van der Waals surface area contributed by atoms with Gasteiger partial charge in [0, 0.05) is 16.4 Å². The summed E-state index contributed by atoms with van der Waals surface area (Å²) in [5.41, 5.74) is 0.600. The summed E-state index contributed by atoms with van der Waals surface area (Å²) < 4.78 is 26.9. The fraction of sp³-hybridized carbons (Fsp3) is 0.154. The van der Waals surface area contributed by atoms with Crippen LogP contribution in [0.15, 0.2) is 39.9 Å². The Hall–Kier alpha value is -1.41. The van der Waals surface area contributed by atoms with Crippen LogP contribution in [0.4, 0.5) is 0 Å². The van der Waals surface area contributed by atoms with Crippen LogP contribution < -0.4 is 4.72 Å². The Morgan fingerprint density at radius 1 is 1.38 bits per heavy atom. The number of carboxylic acid groups (broad SMARTS) is 1. The molecular formula is C13H12ClNO4S2. The first-order valence-electron chi connectivity index (χ1n) is 5.90. The van der Waals surface area contributed by atoms with Gasteiger partial charge < -0.3 is 5.11 Å². The van der Waals surface area contributed by atoms with E-state index < -0.39 is 22.0 Å². The van der Waals surface area contributed by atoms with Crippen LogP contribution in [0.5, 0.6) is 0 Å². The Kier molecular flexibility index (Phi) is 4.67. The maximum atomic E-state index is 12.2. The summed E-state index contributed by atoms with van der Waals surface area (Å²) in [4.78, 5) is 10.8. The number of carboxylic acids is 1. The second kappa shape index (κ2) is 6.15.